The number of nitrogens with one attached hydrogen (secondary N) is 2. The molecule has 0 fully saturated rings. The zero-order valence-electron chi connectivity index (χ0n) is 13.6. The molecule has 0 saturated heterocycles. The van der Waals surface area contributed by atoms with E-state index in [0.717, 1.165) is 5.69 Å². The van der Waals surface area contributed by atoms with E-state index in [4.69, 9.17) is 9.26 Å². The van der Waals surface area contributed by atoms with Gasteiger partial charge in [0.15, 0.2) is 11.9 Å². The molecule has 0 saturated carbocycles. The Labute approximate surface area is 134 Å². The van der Waals surface area contributed by atoms with Crippen molar-refractivity contribution in [2.24, 2.45) is 0 Å². The van der Waals surface area contributed by atoms with Gasteiger partial charge in [-0.1, -0.05) is 19.0 Å². The summed E-state index contributed by atoms with van der Waals surface area (Å²) in [4.78, 5) is 16.1. The predicted molar refractivity (Wildman–Crippen MR) is 85.6 cm³/mol. The molecule has 122 valence electrons. The van der Waals surface area contributed by atoms with Crippen LogP contribution in [0.5, 0.6) is 5.75 Å². The van der Waals surface area contributed by atoms with E-state index in [1.807, 2.05) is 39.0 Å². The molecule has 1 aliphatic rings. The molecule has 0 radical (unpaired) electrons. The number of nitrogens with zero attached hydrogens (tertiary/aromatic N) is 2. The maximum atomic E-state index is 11.7. The van der Waals surface area contributed by atoms with E-state index in [2.05, 4.69) is 20.8 Å². The number of aromatic nitrogens is 2. The van der Waals surface area contributed by atoms with Crippen molar-refractivity contribution in [1.82, 2.24) is 10.1 Å². The van der Waals surface area contributed by atoms with Gasteiger partial charge < -0.3 is 19.9 Å². The number of ether oxygens (including phenoxy) is 1. The summed E-state index contributed by atoms with van der Waals surface area (Å²) in [6.45, 7) is 7.68. The molecule has 1 aromatic heterocycles. The number of fused-ring (bicyclic) bond motifs is 1. The lowest BCUT2D eigenvalue weighted by Gasteiger charge is -2.24. The molecule has 0 bridgehead atoms. The van der Waals surface area contributed by atoms with E-state index in [1.165, 1.54) is 0 Å². The zero-order valence-corrected chi connectivity index (χ0v) is 13.6. The van der Waals surface area contributed by atoms with Crippen LogP contribution in [0.1, 0.15) is 51.4 Å². The van der Waals surface area contributed by atoms with Gasteiger partial charge in [-0.25, -0.2) is 0 Å². The van der Waals surface area contributed by atoms with Crippen LogP contribution in [0.15, 0.2) is 22.7 Å². The molecular weight excluding hydrogens is 296 g/mol. The maximum Gasteiger partial charge on any atom is 0.265 e. The monoisotopic (exact) mass is 316 g/mol. The van der Waals surface area contributed by atoms with Gasteiger partial charge in [0, 0.05) is 11.6 Å². The normalized spacial score (nSPS) is 18.1. The lowest BCUT2D eigenvalue weighted by Crippen LogP contribution is -2.34. The Balaban J connectivity index is 1.75. The van der Waals surface area contributed by atoms with Crippen LogP contribution in [0, 0.1) is 0 Å². The smallest absolute Gasteiger partial charge is 0.265 e. The first-order valence-electron chi connectivity index (χ1n) is 7.65. The molecule has 7 heteroatoms. The summed E-state index contributed by atoms with van der Waals surface area (Å²) in [6, 6.07) is 5.40. The van der Waals surface area contributed by atoms with Crippen molar-refractivity contribution in [3.05, 3.63) is 29.9 Å². The van der Waals surface area contributed by atoms with Crippen LogP contribution in [0.25, 0.3) is 0 Å². The highest BCUT2D eigenvalue weighted by molar-refractivity contribution is 5.98. The molecular formula is C16H20N4O3. The number of hydrogen-bond donors (Lipinski definition) is 2. The van der Waals surface area contributed by atoms with E-state index in [0.29, 0.717) is 23.2 Å². The molecule has 3 rings (SSSR count). The summed E-state index contributed by atoms with van der Waals surface area (Å²) in [5.74, 6) is 1.95. The minimum Gasteiger partial charge on any atom is -0.479 e. The number of amides is 1. The van der Waals surface area contributed by atoms with Gasteiger partial charge in [0.1, 0.15) is 11.8 Å². The third kappa shape index (κ3) is 3.13. The molecule has 2 atom stereocenters. The van der Waals surface area contributed by atoms with E-state index in [9.17, 15) is 4.79 Å². The van der Waals surface area contributed by atoms with Gasteiger partial charge in [-0.05, 0) is 32.0 Å². The number of rotatable bonds is 4. The van der Waals surface area contributed by atoms with Crippen LogP contribution < -0.4 is 15.4 Å². The van der Waals surface area contributed by atoms with Crippen LogP contribution in [0.4, 0.5) is 11.4 Å². The highest BCUT2D eigenvalue weighted by Crippen LogP contribution is 2.33. The average Bonchev–Trinajstić information content (AvgIpc) is 2.99. The average molecular weight is 316 g/mol. The zero-order chi connectivity index (χ0) is 16.6. The molecule has 1 amide bonds. The van der Waals surface area contributed by atoms with Gasteiger partial charge in [-0.3, -0.25) is 4.79 Å². The fourth-order valence-electron chi connectivity index (χ4n) is 2.27. The van der Waals surface area contributed by atoms with E-state index >= 15 is 0 Å². The molecule has 2 aromatic rings. The Bertz CT molecular complexity index is 726. The fraction of sp³-hybridized carbons (Fsp3) is 0.438. The topological polar surface area (TPSA) is 89.3 Å². The predicted octanol–water partition coefficient (Wildman–Crippen LogP) is 3.09. The van der Waals surface area contributed by atoms with Crippen LogP contribution in [-0.2, 0) is 4.79 Å². The second-order valence-electron chi connectivity index (χ2n) is 5.97. The number of carbonyl (C=O) groups excluding carboxylic acids is 1. The molecule has 2 N–H and O–H groups in total. The van der Waals surface area contributed by atoms with Crippen molar-refractivity contribution in [2.45, 2.75) is 45.8 Å². The van der Waals surface area contributed by atoms with Crippen LogP contribution in [-0.4, -0.2) is 22.2 Å². The standard InChI is InChI=1S/C16H20N4O3/c1-8(2)14-19-16(23-20-14)9(3)17-11-5-6-13-12(7-11)18-15(21)10(4)22-13/h5-10,17H,1-4H3,(H,18,21)/t9-,10+/m1/s1. The summed E-state index contributed by atoms with van der Waals surface area (Å²) in [7, 11) is 0. The summed E-state index contributed by atoms with van der Waals surface area (Å²) in [5, 5.41) is 10.1. The summed E-state index contributed by atoms with van der Waals surface area (Å²) in [6.07, 6.45) is -0.479. The van der Waals surface area contributed by atoms with E-state index in [1.54, 1.807) is 6.92 Å². The van der Waals surface area contributed by atoms with Crippen LogP contribution >= 0.6 is 0 Å². The first-order valence-corrected chi connectivity index (χ1v) is 7.65. The van der Waals surface area contributed by atoms with Crippen molar-refractivity contribution >= 4 is 17.3 Å². The van der Waals surface area contributed by atoms with Gasteiger partial charge in [0.2, 0.25) is 5.89 Å². The Hall–Kier alpha value is -2.57. The molecule has 1 aromatic carbocycles. The Morgan fingerprint density at radius 2 is 2.09 bits per heavy atom. The quantitative estimate of drug-likeness (QED) is 0.901. The Kier molecular flexibility index (Phi) is 3.94. The highest BCUT2D eigenvalue weighted by Gasteiger charge is 2.24. The second kappa shape index (κ2) is 5.91. The molecule has 23 heavy (non-hydrogen) atoms. The second-order valence-corrected chi connectivity index (χ2v) is 5.97. The van der Waals surface area contributed by atoms with Gasteiger partial charge in [0.05, 0.1) is 5.69 Å². The van der Waals surface area contributed by atoms with Crippen molar-refractivity contribution in [1.29, 1.82) is 0 Å². The minimum absolute atomic E-state index is 0.146. The molecule has 1 aliphatic heterocycles. The van der Waals surface area contributed by atoms with Crippen molar-refractivity contribution in [3.63, 3.8) is 0 Å². The van der Waals surface area contributed by atoms with E-state index in [-0.39, 0.29) is 17.9 Å². The SMILES string of the molecule is CC(C)c1noc([C@@H](C)Nc2ccc3c(c2)NC(=O)[C@H](C)O3)n1. The minimum atomic E-state index is -0.479. The largest absolute Gasteiger partial charge is 0.479 e. The summed E-state index contributed by atoms with van der Waals surface area (Å²) >= 11 is 0. The lowest BCUT2D eigenvalue weighted by molar-refractivity contribution is -0.122. The molecule has 0 spiro atoms. The highest BCUT2D eigenvalue weighted by atomic mass is 16.5. The van der Waals surface area contributed by atoms with Crippen LogP contribution in [0.2, 0.25) is 0 Å². The van der Waals surface area contributed by atoms with Gasteiger partial charge in [0.25, 0.3) is 5.91 Å². The van der Waals surface area contributed by atoms with Gasteiger partial charge in [-0.2, -0.15) is 4.98 Å². The third-order valence-electron chi connectivity index (χ3n) is 3.64. The van der Waals surface area contributed by atoms with Crippen molar-refractivity contribution < 1.29 is 14.1 Å². The Morgan fingerprint density at radius 1 is 1.30 bits per heavy atom. The number of hydrogen-bond acceptors (Lipinski definition) is 6. The summed E-state index contributed by atoms with van der Waals surface area (Å²) < 4.78 is 10.8. The summed E-state index contributed by atoms with van der Waals surface area (Å²) in [5.41, 5.74) is 1.48. The molecule has 0 unspecified atom stereocenters. The van der Waals surface area contributed by atoms with Crippen molar-refractivity contribution in [3.8, 4) is 5.75 Å². The number of carbonyl (C=O) groups is 1. The molecule has 2 heterocycles. The Morgan fingerprint density at radius 3 is 2.78 bits per heavy atom. The first kappa shape index (κ1) is 15.3. The molecule has 7 nitrogen and oxygen atoms in total. The lowest BCUT2D eigenvalue weighted by atomic mass is 10.2. The third-order valence-corrected chi connectivity index (χ3v) is 3.64. The number of anilines is 2. The van der Waals surface area contributed by atoms with Gasteiger partial charge >= 0.3 is 0 Å². The van der Waals surface area contributed by atoms with Crippen LogP contribution in [0.3, 0.4) is 0 Å². The maximum absolute atomic E-state index is 11.7. The van der Waals surface area contributed by atoms with E-state index < -0.39 is 6.10 Å². The molecule has 0 aliphatic carbocycles. The first-order chi connectivity index (χ1) is 10.9. The fourth-order valence-corrected chi connectivity index (χ4v) is 2.27. The van der Waals surface area contributed by atoms with Crippen molar-refractivity contribution in [2.75, 3.05) is 10.6 Å². The number of benzene rings is 1. The van der Waals surface area contributed by atoms with Gasteiger partial charge in [-0.15, -0.1) is 0 Å².